The summed E-state index contributed by atoms with van der Waals surface area (Å²) in [6, 6.07) is 7.99. The zero-order valence-corrected chi connectivity index (χ0v) is 12.4. The van der Waals surface area contributed by atoms with Crippen molar-refractivity contribution in [3.05, 3.63) is 28.7 Å². The first-order valence-corrected chi connectivity index (χ1v) is 7.70. The van der Waals surface area contributed by atoms with Crippen molar-refractivity contribution in [3.8, 4) is 5.75 Å². The number of nitrogens with one attached hydrogen (secondary N) is 1. The van der Waals surface area contributed by atoms with Crippen LogP contribution in [-0.4, -0.2) is 18.6 Å². The number of ether oxygens (including phenoxy) is 1. The van der Waals surface area contributed by atoms with Gasteiger partial charge in [0.05, 0.1) is 4.47 Å². The van der Waals surface area contributed by atoms with Gasteiger partial charge in [0.15, 0.2) is 6.61 Å². The SMILES string of the molecule is O=C(COc1ccccc1Br)NC(C1CC1)C1CC1. The molecule has 0 aromatic heterocycles. The van der Waals surface area contributed by atoms with Gasteiger partial charge in [-0.3, -0.25) is 4.79 Å². The third-order valence-electron chi connectivity index (χ3n) is 3.78. The Morgan fingerprint density at radius 1 is 1.26 bits per heavy atom. The normalized spacial score (nSPS) is 18.4. The Hall–Kier alpha value is -1.03. The molecule has 0 spiro atoms. The minimum atomic E-state index is -0.000414. The summed E-state index contributed by atoms with van der Waals surface area (Å²) < 4.78 is 6.42. The third-order valence-corrected chi connectivity index (χ3v) is 4.44. The highest BCUT2D eigenvalue weighted by atomic mass is 79.9. The van der Waals surface area contributed by atoms with Crippen molar-refractivity contribution in [1.82, 2.24) is 5.32 Å². The average molecular weight is 324 g/mol. The number of amides is 1. The Balaban J connectivity index is 1.49. The van der Waals surface area contributed by atoms with Gasteiger partial charge in [0.25, 0.3) is 5.91 Å². The second kappa shape index (κ2) is 5.53. The van der Waals surface area contributed by atoms with Gasteiger partial charge >= 0.3 is 0 Å². The second-order valence-electron chi connectivity index (χ2n) is 5.49. The largest absolute Gasteiger partial charge is 0.483 e. The highest BCUT2D eigenvalue weighted by Gasteiger charge is 2.42. The van der Waals surface area contributed by atoms with Gasteiger partial charge < -0.3 is 10.1 Å². The van der Waals surface area contributed by atoms with Gasteiger partial charge in [0.1, 0.15) is 5.75 Å². The van der Waals surface area contributed by atoms with Crippen LogP contribution in [0.2, 0.25) is 0 Å². The molecule has 2 aliphatic rings. The summed E-state index contributed by atoms with van der Waals surface area (Å²) in [5.74, 6) is 2.16. The molecule has 2 fully saturated rings. The first kappa shape index (κ1) is 13.0. The predicted octanol–water partition coefficient (Wildman–Crippen LogP) is 3.13. The zero-order chi connectivity index (χ0) is 13.2. The molecule has 0 aliphatic heterocycles. The van der Waals surface area contributed by atoms with E-state index >= 15 is 0 Å². The van der Waals surface area contributed by atoms with Gasteiger partial charge in [-0.25, -0.2) is 0 Å². The lowest BCUT2D eigenvalue weighted by molar-refractivity contribution is -0.124. The molecule has 0 saturated heterocycles. The van der Waals surface area contributed by atoms with Gasteiger partial charge in [0, 0.05) is 6.04 Å². The summed E-state index contributed by atoms with van der Waals surface area (Å²) >= 11 is 3.41. The van der Waals surface area contributed by atoms with Crippen LogP contribution < -0.4 is 10.1 Å². The van der Waals surface area contributed by atoms with E-state index < -0.39 is 0 Å². The number of hydrogen-bond acceptors (Lipinski definition) is 2. The number of benzene rings is 1. The molecule has 1 aromatic carbocycles. The van der Waals surface area contributed by atoms with Crippen molar-refractivity contribution in [2.45, 2.75) is 31.7 Å². The Morgan fingerprint density at radius 2 is 1.89 bits per heavy atom. The van der Waals surface area contributed by atoms with Crippen LogP contribution >= 0.6 is 15.9 Å². The topological polar surface area (TPSA) is 38.3 Å². The molecule has 1 amide bonds. The fraction of sp³-hybridized carbons (Fsp3) is 0.533. The van der Waals surface area contributed by atoms with Crippen LogP contribution in [0, 0.1) is 11.8 Å². The molecule has 2 saturated carbocycles. The maximum atomic E-state index is 12.0. The van der Waals surface area contributed by atoms with Crippen molar-refractivity contribution in [2.75, 3.05) is 6.61 Å². The number of halogens is 1. The molecule has 19 heavy (non-hydrogen) atoms. The molecular weight excluding hydrogens is 306 g/mol. The first-order valence-electron chi connectivity index (χ1n) is 6.91. The first-order chi connectivity index (χ1) is 9.24. The number of carbonyl (C=O) groups excluding carboxylic acids is 1. The van der Waals surface area contributed by atoms with Gasteiger partial charge in [-0.1, -0.05) is 12.1 Å². The van der Waals surface area contributed by atoms with Gasteiger partial charge in [-0.15, -0.1) is 0 Å². The lowest BCUT2D eigenvalue weighted by atomic mass is 10.1. The number of hydrogen-bond donors (Lipinski definition) is 1. The summed E-state index contributed by atoms with van der Waals surface area (Å²) in [5, 5.41) is 3.15. The second-order valence-corrected chi connectivity index (χ2v) is 6.34. The summed E-state index contributed by atoms with van der Waals surface area (Å²) in [5.41, 5.74) is 0. The summed E-state index contributed by atoms with van der Waals surface area (Å²) in [6.45, 7) is 0.0958. The fourth-order valence-electron chi connectivity index (χ4n) is 2.46. The van der Waals surface area contributed by atoms with E-state index in [4.69, 9.17) is 4.74 Å². The zero-order valence-electron chi connectivity index (χ0n) is 10.8. The number of carbonyl (C=O) groups is 1. The van der Waals surface area contributed by atoms with E-state index in [1.807, 2.05) is 24.3 Å². The van der Waals surface area contributed by atoms with E-state index in [1.165, 1.54) is 25.7 Å². The molecule has 102 valence electrons. The minimum absolute atomic E-state index is 0.000414. The Labute approximate surface area is 121 Å². The highest BCUT2D eigenvalue weighted by molar-refractivity contribution is 9.10. The lowest BCUT2D eigenvalue weighted by Crippen LogP contribution is -2.40. The molecule has 0 heterocycles. The van der Waals surface area contributed by atoms with E-state index in [-0.39, 0.29) is 12.5 Å². The van der Waals surface area contributed by atoms with Crippen LogP contribution in [0.5, 0.6) is 5.75 Å². The molecule has 0 radical (unpaired) electrons. The summed E-state index contributed by atoms with van der Waals surface area (Å²) in [4.78, 5) is 12.0. The maximum Gasteiger partial charge on any atom is 0.258 e. The van der Waals surface area contributed by atoms with Crippen molar-refractivity contribution in [2.24, 2.45) is 11.8 Å². The van der Waals surface area contributed by atoms with Crippen molar-refractivity contribution in [1.29, 1.82) is 0 Å². The maximum absolute atomic E-state index is 12.0. The van der Waals surface area contributed by atoms with Crippen LogP contribution in [-0.2, 0) is 4.79 Å². The van der Waals surface area contributed by atoms with Crippen LogP contribution in [0.25, 0.3) is 0 Å². The molecule has 0 unspecified atom stereocenters. The fourth-order valence-corrected chi connectivity index (χ4v) is 2.86. The van der Waals surface area contributed by atoms with Crippen LogP contribution in [0.4, 0.5) is 0 Å². The predicted molar refractivity (Wildman–Crippen MR) is 77.0 cm³/mol. The Morgan fingerprint density at radius 3 is 2.47 bits per heavy atom. The van der Waals surface area contributed by atoms with Crippen LogP contribution in [0.3, 0.4) is 0 Å². The molecule has 0 atom stereocenters. The number of rotatable bonds is 6. The molecule has 1 N–H and O–H groups in total. The van der Waals surface area contributed by atoms with Crippen molar-refractivity contribution >= 4 is 21.8 Å². The van der Waals surface area contributed by atoms with Gasteiger partial charge in [0.2, 0.25) is 0 Å². The monoisotopic (exact) mass is 323 g/mol. The van der Waals surface area contributed by atoms with Crippen LogP contribution in [0.1, 0.15) is 25.7 Å². The third kappa shape index (κ3) is 3.50. The number of para-hydroxylation sites is 1. The van der Waals surface area contributed by atoms with E-state index in [9.17, 15) is 4.79 Å². The smallest absolute Gasteiger partial charge is 0.258 e. The highest BCUT2D eigenvalue weighted by Crippen LogP contribution is 2.44. The van der Waals surface area contributed by atoms with E-state index in [0.717, 1.165) is 16.3 Å². The Bertz CT molecular complexity index is 457. The quantitative estimate of drug-likeness (QED) is 0.873. The molecular formula is C15H18BrNO2. The van der Waals surface area contributed by atoms with Crippen molar-refractivity contribution < 1.29 is 9.53 Å². The Kier molecular flexibility index (Phi) is 3.78. The molecule has 2 aliphatic carbocycles. The molecule has 0 bridgehead atoms. The summed E-state index contributed by atoms with van der Waals surface area (Å²) in [6.07, 6.45) is 5.08. The molecule has 4 heteroatoms. The van der Waals surface area contributed by atoms with Gasteiger partial charge in [-0.05, 0) is 65.6 Å². The van der Waals surface area contributed by atoms with E-state index in [1.54, 1.807) is 0 Å². The minimum Gasteiger partial charge on any atom is -0.483 e. The molecule has 3 nitrogen and oxygen atoms in total. The lowest BCUT2D eigenvalue weighted by Gasteiger charge is -2.17. The van der Waals surface area contributed by atoms with Crippen molar-refractivity contribution in [3.63, 3.8) is 0 Å². The average Bonchev–Trinajstić information content (AvgIpc) is 3.28. The van der Waals surface area contributed by atoms with E-state index in [0.29, 0.717) is 11.8 Å². The molecule has 1 aromatic rings. The molecule has 3 rings (SSSR count). The standard InChI is InChI=1S/C15H18BrNO2/c16-12-3-1-2-4-13(12)19-9-14(18)17-15(10-5-6-10)11-7-8-11/h1-4,10-11,15H,5-9H2,(H,17,18). The van der Waals surface area contributed by atoms with E-state index in [2.05, 4.69) is 21.2 Å². The van der Waals surface area contributed by atoms with Gasteiger partial charge in [-0.2, -0.15) is 0 Å². The van der Waals surface area contributed by atoms with Crippen LogP contribution in [0.15, 0.2) is 28.7 Å². The summed E-state index contributed by atoms with van der Waals surface area (Å²) in [7, 11) is 0.